The molecule has 0 bridgehead atoms. The minimum atomic E-state index is -3.49. The fraction of sp³-hybridized carbons (Fsp3) is 0.333. The van der Waals surface area contributed by atoms with Gasteiger partial charge in [-0.15, -0.1) is 11.3 Å². The van der Waals surface area contributed by atoms with Crippen molar-refractivity contribution in [2.45, 2.75) is 22.6 Å². The first kappa shape index (κ1) is 14.0. The first-order valence-corrected chi connectivity index (χ1v) is 9.43. The Hall–Kier alpha value is -1.57. The molecule has 0 radical (unpaired) electrons. The third kappa shape index (κ3) is 2.39. The number of fused-ring (bicyclic) bond motifs is 1. The van der Waals surface area contributed by atoms with Gasteiger partial charge in [0, 0.05) is 0 Å². The van der Waals surface area contributed by atoms with Gasteiger partial charge in [-0.2, -0.15) is 4.72 Å². The normalized spacial score (nSPS) is 18.9. The summed E-state index contributed by atoms with van der Waals surface area (Å²) in [6.45, 7) is 1.06. The highest BCUT2D eigenvalue weighted by molar-refractivity contribution is 7.91. The molecule has 1 N–H and O–H groups in total. The van der Waals surface area contributed by atoms with Crippen LogP contribution in [0.1, 0.15) is 18.4 Å². The second-order valence-electron chi connectivity index (χ2n) is 5.48. The van der Waals surface area contributed by atoms with E-state index in [-0.39, 0.29) is 0 Å². The van der Waals surface area contributed by atoms with E-state index in [9.17, 15) is 8.42 Å². The lowest BCUT2D eigenvalue weighted by molar-refractivity contribution is 0.171. The quantitative estimate of drug-likeness (QED) is 0.931. The van der Waals surface area contributed by atoms with E-state index in [0.717, 1.165) is 18.4 Å². The smallest absolute Gasteiger partial charge is 0.250 e. The van der Waals surface area contributed by atoms with Crippen molar-refractivity contribution < 1.29 is 17.9 Å². The van der Waals surface area contributed by atoms with Gasteiger partial charge in [0.2, 0.25) is 0 Å². The van der Waals surface area contributed by atoms with Gasteiger partial charge in [0.25, 0.3) is 10.0 Å². The maximum absolute atomic E-state index is 12.5. The maximum atomic E-state index is 12.5. The highest BCUT2D eigenvalue weighted by atomic mass is 32.2. The van der Waals surface area contributed by atoms with Crippen LogP contribution in [0.4, 0.5) is 0 Å². The van der Waals surface area contributed by atoms with Crippen LogP contribution < -0.4 is 14.2 Å². The van der Waals surface area contributed by atoms with Crippen LogP contribution in [0.5, 0.6) is 11.5 Å². The van der Waals surface area contributed by atoms with Gasteiger partial charge in [0.15, 0.2) is 11.5 Å². The molecule has 7 heteroatoms. The van der Waals surface area contributed by atoms with Crippen molar-refractivity contribution in [2.75, 3.05) is 13.2 Å². The highest BCUT2D eigenvalue weighted by Crippen LogP contribution is 2.48. The molecule has 0 spiro atoms. The molecule has 1 fully saturated rings. The molecule has 2 heterocycles. The molecular formula is C15H15NO4S2. The van der Waals surface area contributed by atoms with E-state index >= 15 is 0 Å². The lowest BCUT2D eigenvalue weighted by atomic mass is 10.1. The molecule has 1 aliphatic carbocycles. The fourth-order valence-electron chi connectivity index (χ4n) is 2.64. The minimum Gasteiger partial charge on any atom is -0.486 e. The van der Waals surface area contributed by atoms with E-state index in [0.29, 0.717) is 28.9 Å². The number of rotatable bonds is 4. The van der Waals surface area contributed by atoms with Crippen molar-refractivity contribution in [1.82, 2.24) is 4.72 Å². The zero-order valence-electron chi connectivity index (χ0n) is 11.7. The molecule has 116 valence electrons. The zero-order chi connectivity index (χ0) is 15.2. The molecule has 2 aromatic rings. The number of thiophene rings is 1. The van der Waals surface area contributed by atoms with Gasteiger partial charge in [-0.3, -0.25) is 0 Å². The number of nitrogens with one attached hydrogen (secondary N) is 1. The van der Waals surface area contributed by atoms with Crippen LogP contribution in [-0.2, 0) is 15.6 Å². The molecule has 1 saturated carbocycles. The van der Waals surface area contributed by atoms with Gasteiger partial charge in [-0.05, 0) is 42.0 Å². The molecule has 1 aliphatic heterocycles. The molecule has 1 aromatic carbocycles. The Morgan fingerprint density at radius 2 is 1.86 bits per heavy atom. The lowest BCUT2D eigenvalue weighted by Gasteiger charge is -2.22. The van der Waals surface area contributed by atoms with E-state index in [1.807, 2.05) is 18.2 Å². The van der Waals surface area contributed by atoms with E-state index in [2.05, 4.69) is 4.72 Å². The second-order valence-corrected chi connectivity index (χ2v) is 8.34. The second kappa shape index (κ2) is 4.97. The average molecular weight is 337 g/mol. The first-order chi connectivity index (χ1) is 10.6. The van der Waals surface area contributed by atoms with Gasteiger partial charge in [0.05, 0.1) is 5.54 Å². The van der Waals surface area contributed by atoms with Crippen molar-refractivity contribution >= 4 is 21.4 Å². The van der Waals surface area contributed by atoms with Crippen molar-refractivity contribution in [2.24, 2.45) is 0 Å². The molecule has 2 aliphatic rings. The van der Waals surface area contributed by atoms with Crippen molar-refractivity contribution in [3.8, 4) is 11.5 Å². The van der Waals surface area contributed by atoms with Crippen LogP contribution in [-0.4, -0.2) is 21.6 Å². The predicted molar refractivity (Wildman–Crippen MR) is 83.0 cm³/mol. The number of sulfonamides is 1. The molecule has 0 atom stereocenters. The minimum absolute atomic E-state index is 0.344. The third-order valence-corrected chi connectivity index (χ3v) is 6.87. The monoisotopic (exact) mass is 337 g/mol. The van der Waals surface area contributed by atoms with E-state index in [1.54, 1.807) is 17.5 Å². The van der Waals surface area contributed by atoms with Gasteiger partial charge in [-0.25, -0.2) is 8.42 Å². The Morgan fingerprint density at radius 1 is 1.09 bits per heavy atom. The molecule has 0 saturated heterocycles. The summed E-state index contributed by atoms with van der Waals surface area (Å²) in [5.74, 6) is 1.40. The summed E-state index contributed by atoms with van der Waals surface area (Å²) in [5.41, 5.74) is 0.412. The van der Waals surface area contributed by atoms with Crippen molar-refractivity contribution in [3.63, 3.8) is 0 Å². The number of ether oxygens (including phenoxy) is 2. The van der Waals surface area contributed by atoms with Crippen LogP contribution >= 0.6 is 11.3 Å². The maximum Gasteiger partial charge on any atom is 0.250 e. The largest absolute Gasteiger partial charge is 0.486 e. The predicted octanol–water partition coefficient (Wildman–Crippen LogP) is 2.49. The summed E-state index contributed by atoms with van der Waals surface area (Å²) in [7, 11) is -3.49. The Morgan fingerprint density at radius 3 is 2.55 bits per heavy atom. The van der Waals surface area contributed by atoms with Crippen LogP contribution in [0.25, 0.3) is 0 Å². The Bertz CT molecular complexity index is 795. The van der Waals surface area contributed by atoms with Crippen molar-refractivity contribution in [3.05, 3.63) is 41.3 Å². The van der Waals surface area contributed by atoms with Gasteiger partial charge in [0.1, 0.15) is 17.4 Å². The molecule has 22 heavy (non-hydrogen) atoms. The molecule has 5 nitrogen and oxygen atoms in total. The van der Waals surface area contributed by atoms with E-state index in [1.165, 1.54) is 11.3 Å². The average Bonchev–Trinajstić information content (AvgIpc) is 3.07. The van der Waals surface area contributed by atoms with Crippen molar-refractivity contribution in [1.29, 1.82) is 0 Å². The molecule has 4 rings (SSSR count). The summed E-state index contributed by atoms with van der Waals surface area (Å²) in [5, 5.41) is 1.76. The number of benzene rings is 1. The Labute approximate surface area is 132 Å². The summed E-state index contributed by atoms with van der Waals surface area (Å²) in [4.78, 5) is 0. The molecular weight excluding hydrogens is 322 g/mol. The van der Waals surface area contributed by atoms with Crippen LogP contribution in [0, 0.1) is 0 Å². The Balaban J connectivity index is 1.65. The van der Waals surface area contributed by atoms with Gasteiger partial charge < -0.3 is 9.47 Å². The number of hydrogen-bond acceptors (Lipinski definition) is 5. The summed E-state index contributed by atoms with van der Waals surface area (Å²) >= 11 is 1.22. The topological polar surface area (TPSA) is 64.6 Å². The molecule has 1 aromatic heterocycles. The first-order valence-electron chi connectivity index (χ1n) is 7.07. The molecule has 0 amide bonds. The zero-order valence-corrected chi connectivity index (χ0v) is 13.4. The summed E-state index contributed by atoms with van der Waals surface area (Å²) < 4.78 is 39.2. The summed E-state index contributed by atoms with van der Waals surface area (Å²) in [6, 6.07) is 9.01. The lowest BCUT2D eigenvalue weighted by Crippen LogP contribution is -2.34. The summed E-state index contributed by atoms with van der Waals surface area (Å²) in [6.07, 6.45) is 1.58. The Kier molecular flexibility index (Phi) is 3.18. The van der Waals surface area contributed by atoms with Crippen LogP contribution in [0.3, 0.4) is 0 Å². The van der Waals surface area contributed by atoms with Gasteiger partial charge >= 0.3 is 0 Å². The standard InChI is InChI=1S/C15H15NO4S2/c17-22(18,14-2-1-9-21-14)16-15(5-6-15)11-3-4-12-13(10-11)20-8-7-19-12/h1-4,9-10,16H,5-8H2. The SMILES string of the molecule is O=S(=O)(NC1(c2ccc3c(c2)OCCO3)CC1)c1cccs1. The van der Waals surface area contributed by atoms with Crippen LogP contribution in [0.15, 0.2) is 39.9 Å². The fourth-order valence-corrected chi connectivity index (χ4v) is 5.08. The third-order valence-electron chi connectivity index (χ3n) is 3.93. The number of hydrogen-bond donors (Lipinski definition) is 1. The van der Waals surface area contributed by atoms with E-state index < -0.39 is 15.6 Å². The van der Waals surface area contributed by atoms with Crippen LogP contribution in [0.2, 0.25) is 0 Å². The van der Waals surface area contributed by atoms with E-state index in [4.69, 9.17) is 9.47 Å². The van der Waals surface area contributed by atoms with Gasteiger partial charge in [-0.1, -0.05) is 12.1 Å². The highest BCUT2D eigenvalue weighted by Gasteiger charge is 2.48. The molecule has 0 unspecified atom stereocenters.